The van der Waals surface area contributed by atoms with E-state index in [1.165, 1.54) is 0 Å². The minimum Gasteiger partial charge on any atom is -0.306 e. The number of nitrogens with one attached hydrogen (secondary N) is 1. The molecule has 0 bridgehead atoms. The Labute approximate surface area is 124 Å². The van der Waals surface area contributed by atoms with Crippen molar-refractivity contribution in [3.8, 4) is 11.4 Å². The lowest BCUT2D eigenvalue weighted by molar-refractivity contribution is 0.952. The van der Waals surface area contributed by atoms with Crippen LogP contribution in [0.25, 0.3) is 11.4 Å². The van der Waals surface area contributed by atoms with Gasteiger partial charge in [-0.2, -0.15) is 0 Å². The van der Waals surface area contributed by atoms with Gasteiger partial charge in [-0.05, 0) is 53.5 Å². The van der Waals surface area contributed by atoms with Gasteiger partial charge in [-0.25, -0.2) is 4.98 Å². The van der Waals surface area contributed by atoms with Crippen molar-refractivity contribution in [1.82, 2.24) is 15.0 Å². The van der Waals surface area contributed by atoms with Crippen LogP contribution in [0, 0.1) is 3.57 Å². The van der Waals surface area contributed by atoms with E-state index in [1.54, 1.807) is 6.20 Å². The zero-order chi connectivity index (χ0) is 13.4. The van der Waals surface area contributed by atoms with Gasteiger partial charge in [0, 0.05) is 23.9 Å². The van der Waals surface area contributed by atoms with Crippen LogP contribution in [-0.2, 0) is 6.42 Å². The molecule has 2 aromatic heterocycles. The van der Waals surface area contributed by atoms with Crippen molar-refractivity contribution in [2.75, 3.05) is 0 Å². The molecule has 0 saturated heterocycles. The Bertz CT molecular complexity index is 677. The largest absolute Gasteiger partial charge is 0.306 e. The van der Waals surface area contributed by atoms with E-state index in [0.29, 0.717) is 11.7 Å². The smallest absolute Gasteiger partial charge is 0.264 e. The number of halogens is 1. The van der Waals surface area contributed by atoms with Gasteiger partial charge in [0.1, 0.15) is 5.82 Å². The molecule has 2 aromatic rings. The molecule has 0 spiro atoms. The Balaban J connectivity index is 2.17. The number of nitrogens with zero attached hydrogens (tertiary/aromatic N) is 2. The van der Waals surface area contributed by atoms with E-state index in [9.17, 15) is 4.79 Å². The van der Waals surface area contributed by atoms with Gasteiger partial charge in [-0.15, -0.1) is 0 Å². The molecule has 0 unspecified atom stereocenters. The van der Waals surface area contributed by atoms with Gasteiger partial charge >= 0.3 is 0 Å². The van der Waals surface area contributed by atoms with Crippen LogP contribution in [0.15, 0.2) is 23.3 Å². The highest BCUT2D eigenvalue weighted by molar-refractivity contribution is 14.1. The van der Waals surface area contributed by atoms with Crippen molar-refractivity contribution in [2.24, 2.45) is 0 Å². The molecule has 1 aliphatic rings. The summed E-state index contributed by atoms with van der Waals surface area (Å²) >= 11 is 2.10. The molecule has 3 rings (SSSR count). The number of hydrogen-bond acceptors (Lipinski definition) is 3. The first-order valence-electron chi connectivity index (χ1n) is 6.43. The fourth-order valence-corrected chi connectivity index (χ4v) is 2.87. The van der Waals surface area contributed by atoms with Crippen LogP contribution < -0.4 is 5.56 Å². The number of aromatic nitrogens is 3. The lowest BCUT2D eigenvalue weighted by Gasteiger charge is -2.09. The summed E-state index contributed by atoms with van der Waals surface area (Å²) in [5.41, 5.74) is 3.01. The maximum absolute atomic E-state index is 12.0. The molecule has 0 aromatic carbocycles. The molecule has 1 fully saturated rings. The Morgan fingerprint density at radius 2 is 2.26 bits per heavy atom. The van der Waals surface area contributed by atoms with E-state index in [2.05, 4.69) is 44.5 Å². The topological polar surface area (TPSA) is 58.6 Å². The molecule has 19 heavy (non-hydrogen) atoms. The molecule has 0 atom stereocenters. The van der Waals surface area contributed by atoms with Gasteiger partial charge in [0.2, 0.25) is 0 Å². The van der Waals surface area contributed by atoms with Gasteiger partial charge in [-0.1, -0.05) is 6.92 Å². The molecule has 1 N–H and O–H groups in total. The summed E-state index contributed by atoms with van der Waals surface area (Å²) in [6.45, 7) is 2.08. The average Bonchev–Trinajstić information content (AvgIpc) is 3.26. The van der Waals surface area contributed by atoms with E-state index < -0.39 is 0 Å². The first-order valence-corrected chi connectivity index (χ1v) is 7.51. The predicted octanol–water partition coefficient (Wildman–Crippen LogP) is 2.88. The second-order valence-electron chi connectivity index (χ2n) is 4.77. The first kappa shape index (κ1) is 12.8. The van der Waals surface area contributed by atoms with Crippen LogP contribution in [0.5, 0.6) is 0 Å². The van der Waals surface area contributed by atoms with E-state index in [4.69, 9.17) is 0 Å². The summed E-state index contributed by atoms with van der Waals surface area (Å²) in [6, 6.07) is 1.92. The van der Waals surface area contributed by atoms with Gasteiger partial charge in [0.05, 0.1) is 9.26 Å². The third-order valence-electron chi connectivity index (χ3n) is 3.39. The van der Waals surface area contributed by atoms with Gasteiger partial charge in [0.25, 0.3) is 5.56 Å². The standard InChI is InChI=1S/C14H14IN3O/c1-2-8-7-16-6-5-10(8)13-17-12(9-3-4-9)11(15)14(19)18-13/h5-7,9H,2-4H2,1H3,(H,17,18,19). The molecule has 98 valence electrons. The minimum atomic E-state index is -0.0358. The van der Waals surface area contributed by atoms with Crippen LogP contribution in [0.4, 0.5) is 0 Å². The van der Waals surface area contributed by atoms with Gasteiger partial charge in [-0.3, -0.25) is 9.78 Å². The summed E-state index contributed by atoms with van der Waals surface area (Å²) in [5.74, 6) is 1.14. The lowest BCUT2D eigenvalue weighted by Crippen LogP contribution is -2.16. The number of H-pyrrole nitrogens is 1. The Hall–Kier alpha value is -1.24. The summed E-state index contributed by atoms with van der Waals surface area (Å²) < 4.78 is 0.732. The Morgan fingerprint density at radius 3 is 2.95 bits per heavy atom. The molecular weight excluding hydrogens is 353 g/mol. The van der Waals surface area contributed by atoms with E-state index >= 15 is 0 Å². The first-order chi connectivity index (χ1) is 9.20. The molecule has 1 saturated carbocycles. The van der Waals surface area contributed by atoms with E-state index in [1.807, 2.05) is 12.3 Å². The number of aromatic amines is 1. The minimum absolute atomic E-state index is 0.0358. The fraction of sp³-hybridized carbons (Fsp3) is 0.357. The number of rotatable bonds is 3. The summed E-state index contributed by atoms with van der Waals surface area (Å²) in [5, 5.41) is 0. The molecule has 5 heteroatoms. The summed E-state index contributed by atoms with van der Waals surface area (Å²) in [4.78, 5) is 23.7. The second kappa shape index (κ2) is 5.03. The zero-order valence-corrected chi connectivity index (χ0v) is 12.8. The monoisotopic (exact) mass is 367 g/mol. The van der Waals surface area contributed by atoms with E-state index in [0.717, 1.165) is 39.7 Å². The summed E-state index contributed by atoms with van der Waals surface area (Å²) in [6.07, 6.45) is 6.73. The van der Waals surface area contributed by atoms with Crippen LogP contribution in [-0.4, -0.2) is 15.0 Å². The molecule has 0 aliphatic heterocycles. The zero-order valence-electron chi connectivity index (χ0n) is 10.6. The van der Waals surface area contributed by atoms with Crippen molar-refractivity contribution in [3.63, 3.8) is 0 Å². The van der Waals surface area contributed by atoms with Crippen LogP contribution in [0.2, 0.25) is 0 Å². The predicted molar refractivity (Wildman–Crippen MR) is 82.2 cm³/mol. The molecule has 0 amide bonds. The molecule has 4 nitrogen and oxygen atoms in total. The molecule has 2 heterocycles. The quantitative estimate of drug-likeness (QED) is 0.849. The fourth-order valence-electron chi connectivity index (χ4n) is 2.17. The summed E-state index contributed by atoms with van der Waals surface area (Å²) in [7, 11) is 0. The molecule has 1 aliphatic carbocycles. The van der Waals surface area contributed by atoms with E-state index in [-0.39, 0.29) is 5.56 Å². The van der Waals surface area contributed by atoms with Gasteiger partial charge < -0.3 is 4.98 Å². The van der Waals surface area contributed by atoms with Crippen LogP contribution in [0.3, 0.4) is 0 Å². The highest BCUT2D eigenvalue weighted by Crippen LogP contribution is 2.40. The third-order valence-corrected chi connectivity index (χ3v) is 4.43. The maximum atomic E-state index is 12.0. The SMILES string of the molecule is CCc1cnccc1-c1nc(C2CC2)c(I)c(=O)[nH]1. The molecule has 0 radical (unpaired) electrons. The maximum Gasteiger partial charge on any atom is 0.264 e. The van der Waals surface area contributed by atoms with Crippen molar-refractivity contribution >= 4 is 22.6 Å². The molecular formula is C14H14IN3O. The normalized spacial score (nSPS) is 14.6. The highest BCUT2D eigenvalue weighted by Gasteiger charge is 2.29. The highest BCUT2D eigenvalue weighted by atomic mass is 127. The second-order valence-corrected chi connectivity index (χ2v) is 5.85. The Morgan fingerprint density at radius 1 is 1.47 bits per heavy atom. The van der Waals surface area contributed by atoms with Crippen molar-refractivity contribution < 1.29 is 0 Å². The van der Waals surface area contributed by atoms with Crippen LogP contribution in [0.1, 0.15) is 36.9 Å². The number of pyridine rings is 1. The average molecular weight is 367 g/mol. The van der Waals surface area contributed by atoms with Crippen molar-refractivity contribution in [3.05, 3.63) is 43.6 Å². The Kier molecular flexibility index (Phi) is 3.38. The van der Waals surface area contributed by atoms with Gasteiger partial charge in [0.15, 0.2) is 0 Å². The third kappa shape index (κ3) is 2.43. The number of hydrogen-bond donors (Lipinski definition) is 1. The van der Waals surface area contributed by atoms with Crippen molar-refractivity contribution in [1.29, 1.82) is 0 Å². The number of aryl methyl sites for hydroxylation is 1. The lowest BCUT2D eigenvalue weighted by atomic mass is 10.1. The van der Waals surface area contributed by atoms with Crippen molar-refractivity contribution in [2.45, 2.75) is 32.1 Å². The van der Waals surface area contributed by atoms with Crippen LogP contribution >= 0.6 is 22.6 Å².